The Bertz CT molecular complexity index is 671. The molecule has 0 saturated heterocycles. The fraction of sp³-hybridized carbons (Fsp3) is 0.231. The van der Waals surface area contributed by atoms with E-state index in [1.54, 1.807) is 17.5 Å². The van der Waals surface area contributed by atoms with Crippen LogP contribution in [-0.2, 0) is 10.0 Å². The Morgan fingerprint density at radius 2 is 2.10 bits per heavy atom. The maximum Gasteiger partial charge on any atom is 0.252 e. The van der Waals surface area contributed by atoms with E-state index in [4.69, 9.17) is 0 Å². The predicted octanol–water partition coefficient (Wildman–Crippen LogP) is 2.24. The smallest absolute Gasteiger partial charge is 0.252 e. The van der Waals surface area contributed by atoms with Crippen molar-refractivity contribution in [2.24, 2.45) is 0 Å². The summed E-state index contributed by atoms with van der Waals surface area (Å²) >= 11 is 1.10. The first-order chi connectivity index (χ1) is 9.46. The first-order valence-electron chi connectivity index (χ1n) is 5.84. The molecule has 0 fully saturated rings. The maximum absolute atomic E-state index is 13.2. The second kappa shape index (κ2) is 6.01. The third-order valence-corrected chi connectivity index (χ3v) is 6.21. The Kier molecular flexibility index (Phi) is 4.54. The number of likely N-dealkylation sites (N-methyl/N-ethyl adjacent to an activating group) is 1. The van der Waals surface area contributed by atoms with E-state index < -0.39 is 28.5 Å². The van der Waals surface area contributed by atoms with Crippen LogP contribution < -0.4 is 0 Å². The van der Waals surface area contributed by atoms with Gasteiger partial charge in [0.1, 0.15) is 10.0 Å². The van der Waals surface area contributed by atoms with Gasteiger partial charge in [0.05, 0.1) is 12.6 Å². The Morgan fingerprint density at radius 1 is 1.35 bits per heavy atom. The van der Waals surface area contributed by atoms with E-state index in [-0.39, 0.29) is 4.21 Å². The minimum Gasteiger partial charge on any atom is -0.394 e. The van der Waals surface area contributed by atoms with E-state index in [1.165, 1.54) is 31.3 Å². The van der Waals surface area contributed by atoms with Crippen molar-refractivity contribution in [3.63, 3.8) is 0 Å². The van der Waals surface area contributed by atoms with Gasteiger partial charge in [-0.05, 0) is 29.1 Å². The van der Waals surface area contributed by atoms with Gasteiger partial charge in [-0.3, -0.25) is 0 Å². The normalized spacial score (nSPS) is 13.6. The molecule has 0 amide bonds. The zero-order chi connectivity index (χ0) is 14.8. The highest BCUT2D eigenvalue weighted by Crippen LogP contribution is 2.28. The number of aliphatic hydroxyl groups is 1. The van der Waals surface area contributed by atoms with Crippen molar-refractivity contribution in [1.82, 2.24) is 4.31 Å². The third kappa shape index (κ3) is 2.90. The lowest BCUT2D eigenvalue weighted by atomic mass is 10.1. The number of nitrogens with zero attached hydrogens (tertiary/aromatic N) is 1. The van der Waals surface area contributed by atoms with Crippen LogP contribution in [0, 0.1) is 5.82 Å². The highest BCUT2D eigenvalue weighted by molar-refractivity contribution is 7.91. The number of sulfonamides is 1. The zero-order valence-corrected chi connectivity index (χ0v) is 12.4. The molecule has 1 aromatic heterocycles. The monoisotopic (exact) mass is 315 g/mol. The van der Waals surface area contributed by atoms with E-state index in [1.807, 2.05) is 0 Å². The minimum atomic E-state index is -3.70. The molecule has 0 radical (unpaired) electrons. The summed E-state index contributed by atoms with van der Waals surface area (Å²) in [6, 6.07) is 7.88. The van der Waals surface area contributed by atoms with Gasteiger partial charge in [0.15, 0.2) is 0 Å². The van der Waals surface area contributed by atoms with Gasteiger partial charge in [0.2, 0.25) is 0 Å². The van der Waals surface area contributed by atoms with E-state index in [2.05, 4.69) is 0 Å². The van der Waals surface area contributed by atoms with Crippen molar-refractivity contribution < 1.29 is 17.9 Å². The molecule has 1 unspecified atom stereocenters. The van der Waals surface area contributed by atoms with Gasteiger partial charge in [-0.2, -0.15) is 4.31 Å². The highest BCUT2D eigenvalue weighted by atomic mass is 32.2. The first-order valence-corrected chi connectivity index (χ1v) is 8.16. The second-order valence-electron chi connectivity index (χ2n) is 4.21. The van der Waals surface area contributed by atoms with Crippen molar-refractivity contribution in [2.75, 3.05) is 13.7 Å². The SMILES string of the molecule is CN(C(CO)c1cccc(F)c1)S(=O)(=O)c1cccs1. The van der Waals surface area contributed by atoms with Crippen LogP contribution in [0.4, 0.5) is 4.39 Å². The van der Waals surface area contributed by atoms with Crippen LogP contribution in [0.25, 0.3) is 0 Å². The summed E-state index contributed by atoms with van der Waals surface area (Å²) in [6.45, 7) is -0.426. The topological polar surface area (TPSA) is 57.6 Å². The van der Waals surface area contributed by atoms with Crippen molar-refractivity contribution in [3.05, 3.63) is 53.2 Å². The number of thiophene rings is 1. The van der Waals surface area contributed by atoms with Crippen molar-refractivity contribution >= 4 is 21.4 Å². The van der Waals surface area contributed by atoms with Gasteiger partial charge < -0.3 is 5.11 Å². The van der Waals surface area contributed by atoms with Gasteiger partial charge >= 0.3 is 0 Å². The molecule has 0 aliphatic heterocycles. The molecule has 108 valence electrons. The van der Waals surface area contributed by atoms with Crippen molar-refractivity contribution in [3.8, 4) is 0 Å². The van der Waals surface area contributed by atoms with Crippen LogP contribution in [0.15, 0.2) is 46.0 Å². The molecule has 4 nitrogen and oxygen atoms in total. The van der Waals surface area contributed by atoms with E-state index in [0.717, 1.165) is 15.6 Å². The zero-order valence-electron chi connectivity index (χ0n) is 10.7. The van der Waals surface area contributed by atoms with Crippen LogP contribution in [0.2, 0.25) is 0 Å². The second-order valence-corrected chi connectivity index (χ2v) is 7.38. The summed E-state index contributed by atoms with van der Waals surface area (Å²) in [5.74, 6) is -0.470. The molecular weight excluding hydrogens is 301 g/mol. The van der Waals surface area contributed by atoms with Crippen molar-refractivity contribution in [1.29, 1.82) is 0 Å². The number of rotatable bonds is 5. The number of halogens is 1. The molecule has 20 heavy (non-hydrogen) atoms. The quantitative estimate of drug-likeness (QED) is 0.920. The summed E-state index contributed by atoms with van der Waals surface area (Å²) in [5, 5.41) is 11.1. The average Bonchev–Trinajstić information content (AvgIpc) is 2.94. The molecule has 0 bridgehead atoms. The molecule has 0 spiro atoms. The number of benzene rings is 1. The molecular formula is C13H14FNO3S2. The molecule has 2 rings (SSSR count). The van der Waals surface area contributed by atoms with Gasteiger partial charge in [-0.25, -0.2) is 12.8 Å². The molecule has 1 aromatic carbocycles. The molecule has 7 heteroatoms. The Balaban J connectivity index is 2.37. The number of hydrogen-bond donors (Lipinski definition) is 1. The predicted molar refractivity (Wildman–Crippen MR) is 75.5 cm³/mol. The van der Waals surface area contributed by atoms with Gasteiger partial charge in [0.25, 0.3) is 10.0 Å². The molecule has 2 aromatic rings. The van der Waals surface area contributed by atoms with E-state index in [0.29, 0.717) is 5.56 Å². The number of aliphatic hydroxyl groups excluding tert-OH is 1. The summed E-state index contributed by atoms with van der Waals surface area (Å²) < 4.78 is 39.3. The van der Waals surface area contributed by atoms with Crippen LogP contribution in [0.1, 0.15) is 11.6 Å². The summed E-state index contributed by atoms with van der Waals surface area (Å²) in [5.41, 5.74) is 0.412. The minimum absolute atomic E-state index is 0.190. The lowest BCUT2D eigenvalue weighted by Gasteiger charge is -2.25. The third-order valence-electron chi connectivity index (χ3n) is 2.97. The molecule has 1 atom stereocenters. The lowest BCUT2D eigenvalue weighted by Crippen LogP contribution is -2.33. The Morgan fingerprint density at radius 3 is 2.65 bits per heavy atom. The lowest BCUT2D eigenvalue weighted by molar-refractivity contribution is 0.204. The van der Waals surface area contributed by atoms with Crippen LogP contribution in [0.3, 0.4) is 0 Å². The fourth-order valence-corrected chi connectivity index (χ4v) is 4.38. The van der Waals surface area contributed by atoms with E-state index >= 15 is 0 Å². The highest BCUT2D eigenvalue weighted by Gasteiger charge is 2.29. The van der Waals surface area contributed by atoms with E-state index in [9.17, 15) is 17.9 Å². The summed E-state index contributed by atoms with van der Waals surface area (Å²) in [4.78, 5) is 0. The van der Waals surface area contributed by atoms with Crippen molar-refractivity contribution in [2.45, 2.75) is 10.3 Å². The Hall–Kier alpha value is -1.28. The molecule has 0 aliphatic rings. The summed E-state index contributed by atoms with van der Waals surface area (Å²) in [7, 11) is -2.32. The fourth-order valence-electron chi connectivity index (χ4n) is 1.86. The molecule has 0 aliphatic carbocycles. The Labute approximate surface area is 121 Å². The maximum atomic E-state index is 13.2. The van der Waals surface area contributed by atoms with Crippen LogP contribution in [0.5, 0.6) is 0 Å². The molecule has 0 saturated carbocycles. The summed E-state index contributed by atoms with van der Waals surface area (Å²) in [6.07, 6.45) is 0. The molecule has 1 heterocycles. The average molecular weight is 315 g/mol. The molecule has 1 N–H and O–H groups in total. The van der Waals surface area contributed by atoms with Gasteiger partial charge in [-0.1, -0.05) is 18.2 Å². The largest absolute Gasteiger partial charge is 0.394 e. The van der Waals surface area contributed by atoms with Crippen LogP contribution in [-0.4, -0.2) is 31.5 Å². The standard InChI is InChI=1S/C13H14FNO3S2/c1-15(20(17,18)13-6-3-7-19-13)12(9-16)10-4-2-5-11(14)8-10/h2-8,12,16H,9H2,1H3. The number of hydrogen-bond acceptors (Lipinski definition) is 4. The van der Waals surface area contributed by atoms with Crippen LogP contribution >= 0.6 is 11.3 Å². The van der Waals surface area contributed by atoms with Gasteiger partial charge in [-0.15, -0.1) is 11.3 Å². The first kappa shape index (κ1) is 15.1. The van der Waals surface area contributed by atoms with Gasteiger partial charge in [0, 0.05) is 7.05 Å².